The molecule has 2 aromatic rings. The van der Waals surface area contributed by atoms with Gasteiger partial charge in [0.15, 0.2) is 0 Å². The largest absolute Gasteiger partial charge is 0.444 e. The fraction of sp³-hybridized carbons (Fsp3) is 0.529. The Morgan fingerprint density at radius 3 is 2.74 bits per heavy atom. The highest BCUT2D eigenvalue weighted by atomic mass is 79.9. The Hall–Kier alpha value is -1.14. The Bertz CT molecular complexity index is 653. The molecule has 0 atom stereocenters. The van der Waals surface area contributed by atoms with Crippen molar-refractivity contribution in [1.82, 2.24) is 10.3 Å². The first-order chi connectivity index (χ1) is 10.8. The maximum absolute atomic E-state index is 11.5. The van der Waals surface area contributed by atoms with Crippen molar-refractivity contribution in [2.24, 2.45) is 0 Å². The molecule has 1 aromatic heterocycles. The zero-order valence-electron chi connectivity index (χ0n) is 14.0. The van der Waals surface area contributed by atoms with Crippen LogP contribution in [-0.2, 0) is 11.2 Å². The van der Waals surface area contributed by atoms with Crippen molar-refractivity contribution in [2.75, 3.05) is 6.54 Å². The number of amides is 1. The summed E-state index contributed by atoms with van der Waals surface area (Å²) in [6.07, 6.45) is 2.49. The van der Waals surface area contributed by atoms with Crippen LogP contribution in [0.4, 0.5) is 4.79 Å². The Morgan fingerprint density at radius 1 is 1.35 bits per heavy atom. The quantitative estimate of drug-likeness (QED) is 0.702. The van der Waals surface area contributed by atoms with Crippen LogP contribution in [0, 0.1) is 6.92 Å². The van der Waals surface area contributed by atoms with E-state index in [4.69, 9.17) is 9.72 Å². The third-order valence-electron chi connectivity index (χ3n) is 3.22. The Kier molecular flexibility index (Phi) is 6.03. The summed E-state index contributed by atoms with van der Waals surface area (Å²) < 4.78 is 7.50. The molecule has 0 spiro atoms. The molecule has 1 amide bonds. The standard InChI is InChI=1S/C17H23BrN2O2S/c1-11-8-9-12(18)14-15(11)23-13(20-14)7-5-6-10-19-16(21)22-17(2,3)4/h8-9H,5-7,10H2,1-4H3,(H,19,21). The third kappa shape index (κ3) is 5.46. The van der Waals surface area contributed by atoms with Crippen LogP contribution in [0.3, 0.4) is 0 Å². The van der Waals surface area contributed by atoms with E-state index < -0.39 is 5.60 Å². The lowest BCUT2D eigenvalue weighted by atomic mass is 10.2. The summed E-state index contributed by atoms with van der Waals surface area (Å²) >= 11 is 5.32. The van der Waals surface area contributed by atoms with Gasteiger partial charge in [0.1, 0.15) is 5.60 Å². The van der Waals surface area contributed by atoms with Gasteiger partial charge in [-0.3, -0.25) is 0 Å². The van der Waals surface area contributed by atoms with E-state index in [-0.39, 0.29) is 6.09 Å². The number of halogens is 1. The lowest BCUT2D eigenvalue weighted by Crippen LogP contribution is -2.33. The van der Waals surface area contributed by atoms with E-state index in [2.05, 4.69) is 34.2 Å². The maximum atomic E-state index is 11.5. The molecule has 1 heterocycles. The van der Waals surface area contributed by atoms with Crippen molar-refractivity contribution >= 4 is 43.6 Å². The van der Waals surface area contributed by atoms with Crippen LogP contribution >= 0.6 is 27.3 Å². The van der Waals surface area contributed by atoms with Crippen molar-refractivity contribution < 1.29 is 9.53 Å². The highest BCUT2D eigenvalue weighted by Crippen LogP contribution is 2.31. The van der Waals surface area contributed by atoms with Crippen LogP contribution in [0.25, 0.3) is 10.2 Å². The van der Waals surface area contributed by atoms with E-state index in [1.807, 2.05) is 26.8 Å². The van der Waals surface area contributed by atoms with Crippen LogP contribution < -0.4 is 5.32 Å². The smallest absolute Gasteiger partial charge is 0.407 e. The van der Waals surface area contributed by atoms with E-state index >= 15 is 0 Å². The minimum atomic E-state index is -0.448. The number of ether oxygens (including phenoxy) is 1. The van der Waals surface area contributed by atoms with Gasteiger partial charge >= 0.3 is 6.09 Å². The highest BCUT2D eigenvalue weighted by Gasteiger charge is 2.15. The second-order valence-corrected chi connectivity index (χ2v) is 8.47. The van der Waals surface area contributed by atoms with E-state index in [1.165, 1.54) is 10.3 Å². The maximum Gasteiger partial charge on any atom is 0.407 e. The molecule has 23 heavy (non-hydrogen) atoms. The Morgan fingerprint density at radius 2 is 2.09 bits per heavy atom. The first-order valence-electron chi connectivity index (χ1n) is 7.77. The molecule has 0 radical (unpaired) electrons. The van der Waals surface area contributed by atoms with Gasteiger partial charge in [-0.1, -0.05) is 6.07 Å². The molecule has 0 saturated carbocycles. The van der Waals surface area contributed by atoms with Gasteiger partial charge in [0.05, 0.1) is 15.2 Å². The molecule has 126 valence electrons. The van der Waals surface area contributed by atoms with E-state index in [0.717, 1.165) is 34.3 Å². The second kappa shape index (κ2) is 7.62. The molecule has 1 N–H and O–H groups in total. The molecule has 6 heteroatoms. The minimum absolute atomic E-state index is 0.350. The molecular formula is C17H23BrN2O2S. The number of thiazole rings is 1. The van der Waals surface area contributed by atoms with Crippen LogP contribution in [0.5, 0.6) is 0 Å². The van der Waals surface area contributed by atoms with Crippen LogP contribution in [0.15, 0.2) is 16.6 Å². The predicted molar refractivity (Wildman–Crippen MR) is 99.2 cm³/mol. The minimum Gasteiger partial charge on any atom is -0.444 e. The van der Waals surface area contributed by atoms with Crippen LogP contribution in [0.2, 0.25) is 0 Å². The number of alkyl carbamates (subject to hydrolysis) is 1. The summed E-state index contributed by atoms with van der Waals surface area (Å²) in [5.74, 6) is 0. The number of benzene rings is 1. The number of carbonyl (C=O) groups is 1. The van der Waals surface area contributed by atoms with Crippen molar-refractivity contribution in [3.8, 4) is 0 Å². The number of fused-ring (bicyclic) bond motifs is 1. The molecular weight excluding hydrogens is 376 g/mol. The summed E-state index contributed by atoms with van der Waals surface area (Å²) in [5.41, 5.74) is 1.87. The van der Waals surface area contributed by atoms with Gasteiger partial charge in [0, 0.05) is 11.0 Å². The summed E-state index contributed by atoms with van der Waals surface area (Å²) in [4.78, 5) is 16.2. The van der Waals surface area contributed by atoms with Gasteiger partial charge in [-0.05, 0) is 74.5 Å². The van der Waals surface area contributed by atoms with Crippen molar-refractivity contribution in [3.63, 3.8) is 0 Å². The average Bonchev–Trinajstić information content (AvgIpc) is 2.86. The number of aromatic nitrogens is 1. The lowest BCUT2D eigenvalue weighted by Gasteiger charge is -2.19. The zero-order chi connectivity index (χ0) is 17.0. The van der Waals surface area contributed by atoms with Crippen molar-refractivity contribution in [2.45, 2.75) is 52.6 Å². The number of nitrogens with one attached hydrogen (secondary N) is 1. The Labute approximate surface area is 149 Å². The highest BCUT2D eigenvalue weighted by molar-refractivity contribution is 9.10. The molecule has 2 rings (SSSR count). The number of nitrogens with zero attached hydrogens (tertiary/aromatic N) is 1. The fourth-order valence-electron chi connectivity index (χ4n) is 2.16. The SMILES string of the molecule is Cc1ccc(Br)c2nc(CCCCNC(=O)OC(C)(C)C)sc12. The van der Waals surface area contributed by atoms with E-state index in [1.54, 1.807) is 11.3 Å². The van der Waals surface area contributed by atoms with Crippen LogP contribution in [-0.4, -0.2) is 23.2 Å². The number of hydrogen-bond donors (Lipinski definition) is 1. The molecule has 0 bridgehead atoms. The van der Waals surface area contributed by atoms with Gasteiger partial charge in [0.25, 0.3) is 0 Å². The number of rotatable bonds is 5. The van der Waals surface area contributed by atoms with Gasteiger partial charge in [0.2, 0.25) is 0 Å². The number of aryl methyl sites for hydroxylation is 2. The molecule has 0 unspecified atom stereocenters. The van der Waals surface area contributed by atoms with Gasteiger partial charge in [-0.25, -0.2) is 9.78 Å². The number of unbranched alkanes of at least 4 members (excludes halogenated alkanes) is 1. The van der Waals surface area contributed by atoms with Gasteiger partial charge < -0.3 is 10.1 Å². The average molecular weight is 399 g/mol. The fourth-order valence-corrected chi connectivity index (χ4v) is 3.81. The topological polar surface area (TPSA) is 51.2 Å². The first-order valence-corrected chi connectivity index (χ1v) is 9.38. The molecule has 1 aromatic carbocycles. The number of carbonyl (C=O) groups excluding carboxylic acids is 1. The van der Waals surface area contributed by atoms with Crippen LogP contribution in [0.1, 0.15) is 44.2 Å². The van der Waals surface area contributed by atoms with Gasteiger partial charge in [-0.15, -0.1) is 11.3 Å². The third-order valence-corrected chi connectivity index (χ3v) is 5.11. The molecule has 0 aliphatic heterocycles. The van der Waals surface area contributed by atoms with Crippen molar-refractivity contribution in [1.29, 1.82) is 0 Å². The molecule has 0 aliphatic rings. The lowest BCUT2D eigenvalue weighted by molar-refractivity contribution is 0.0527. The summed E-state index contributed by atoms with van der Waals surface area (Å²) in [5, 5.41) is 3.93. The van der Waals surface area contributed by atoms with Crippen molar-refractivity contribution in [3.05, 3.63) is 27.2 Å². The zero-order valence-corrected chi connectivity index (χ0v) is 16.4. The molecule has 0 aliphatic carbocycles. The summed E-state index contributed by atoms with van der Waals surface area (Å²) in [6.45, 7) is 8.32. The Balaban J connectivity index is 1.78. The molecule has 0 fully saturated rings. The summed E-state index contributed by atoms with van der Waals surface area (Å²) in [6, 6.07) is 4.16. The van der Waals surface area contributed by atoms with E-state index in [0.29, 0.717) is 6.54 Å². The van der Waals surface area contributed by atoms with E-state index in [9.17, 15) is 4.79 Å². The monoisotopic (exact) mass is 398 g/mol. The second-order valence-electron chi connectivity index (χ2n) is 6.54. The summed E-state index contributed by atoms with van der Waals surface area (Å²) in [7, 11) is 0. The molecule has 0 saturated heterocycles. The van der Waals surface area contributed by atoms with Gasteiger partial charge in [-0.2, -0.15) is 0 Å². The molecule has 4 nitrogen and oxygen atoms in total. The normalized spacial score (nSPS) is 11.7. The first kappa shape index (κ1) is 18.2. The predicted octanol–water partition coefficient (Wildman–Crippen LogP) is 5.21. The number of hydrogen-bond acceptors (Lipinski definition) is 4.